The van der Waals surface area contributed by atoms with Gasteiger partial charge in [-0.25, -0.2) is 4.39 Å². The van der Waals surface area contributed by atoms with E-state index in [1.54, 1.807) is 29.1 Å². The van der Waals surface area contributed by atoms with Gasteiger partial charge < -0.3 is 10.6 Å². The zero-order valence-corrected chi connectivity index (χ0v) is 12.7. The molecule has 1 aromatic heterocycles. The fourth-order valence-corrected chi connectivity index (χ4v) is 2.42. The Labute approximate surface area is 132 Å². The average Bonchev–Trinajstić information content (AvgIpc) is 3.13. The lowest BCUT2D eigenvalue weighted by molar-refractivity contribution is 0.586. The van der Waals surface area contributed by atoms with Crippen LogP contribution in [0.15, 0.2) is 30.5 Å². The molecule has 2 aromatic rings. The van der Waals surface area contributed by atoms with Gasteiger partial charge in [-0.15, -0.1) is 0 Å². The minimum absolute atomic E-state index is 0.274. The molecule has 0 radical (unpaired) electrons. The summed E-state index contributed by atoms with van der Waals surface area (Å²) >= 11 is 11.2. The molecular weight excluding hydrogens is 311 g/mol. The quantitative estimate of drug-likeness (QED) is 0.848. The molecule has 1 aliphatic carbocycles. The Bertz CT molecular complexity index is 648. The molecule has 1 heterocycles. The van der Waals surface area contributed by atoms with Gasteiger partial charge in [0, 0.05) is 28.9 Å². The fourth-order valence-electron chi connectivity index (χ4n) is 1.93. The van der Waals surface area contributed by atoms with Crippen molar-refractivity contribution in [1.82, 2.24) is 15.1 Å². The van der Waals surface area contributed by atoms with E-state index in [2.05, 4.69) is 15.7 Å². The summed E-state index contributed by atoms with van der Waals surface area (Å²) in [5.74, 6) is 0.291. The Balaban J connectivity index is 1.65. The van der Waals surface area contributed by atoms with E-state index in [-0.39, 0.29) is 12.4 Å². The van der Waals surface area contributed by atoms with Crippen molar-refractivity contribution in [3.63, 3.8) is 0 Å². The van der Waals surface area contributed by atoms with Crippen LogP contribution in [0.1, 0.15) is 18.4 Å². The van der Waals surface area contributed by atoms with Gasteiger partial charge in [0.15, 0.2) is 10.9 Å². The zero-order valence-electron chi connectivity index (χ0n) is 11.1. The van der Waals surface area contributed by atoms with Gasteiger partial charge in [-0.05, 0) is 37.2 Å². The van der Waals surface area contributed by atoms with Crippen LogP contribution < -0.4 is 10.6 Å². The van der Waals surface area contributed by atoms with E-state index in [1.807, 2.05) is 0 Å². The van der Waals surface area contributed by atoms with Gasteiger partial charge in [0.2, 0.25) is 0 Å². The van der Waals surface area contributed by atoms with Gasteiger partial charge in [0.25, 0.3) is 0 Å². The first-order valence-electron chi connectivity index (χ1n) is 6.65. The summed E-state index contributed by atoms with van der Waals surface area (Å²) in [4.78, 5) is 0. The molecule has 0 unspecified atom stereocenters. The summed E-state index contributed by atoms with van der Waals surface area (Å²) < 4.78 is 15.3. The lowest BCUT2D eigenvalue weighted by atomic mass is 10.2. The van der Waals surface area contributed by atoms with Crippen LogP contribution >= 0.6 is 23.8 Å². The maximum absolute atomic E-state index is 13.7. The summed E-state index contributed by atoms with van der Waals surface area (Å²) in [6.07, 6.45) is 4.06. The largest absolute Gasteiger partial charge is 0.360 e. The minimum atomic E-state index is -0.335. The molecule has 0 bridgehead atoms. The van der Waals surface area contributed by atoms with Crippen molar-refractivity contribution < 1.29 is 4.39 Å². The van der Waals surface area contributed by atoms with Gasteiger partial charge in [0.1, 0.15) is 5.82 Å². The second-order valence-electron chi connectivity index (χ2n) is 4.97. The highest BCUT2D eigenvalue weighted by atomic mass is 35.5. The second kappa shape index (κ2) is 5.99. The third-order valence-electron chi connectivity index (χ3n) is 3.18. The number of thiocarbonyl (C=S) groups is 1. The number of halogens is 2. The number of benzene rings is 1. The summed E-state index contributed by atoms with van der Waals surface area (Å²) in [7, 11) is 0. The Kier molecular flexibility index (Phi) is 4.07. The molecule has 2 N–H and O–H groups in total. The highest BCUT2D eigenvalue weighted by molar-refractivity contribution is 7.80. The molecule has 0 spiro atoms. The molecule has 1 saturated carbocycles. The van der Waals surface area contributed by atoms with Crippen molar-refractivity contribution in [3.8, 4) is 0 Å². The molecule has 1 fully saturated rings. The van der Waals surface area contributed by atoms with Crippen LogP contribution in [0.2, 0.25) is 5.02 Å². The molecule has 110 valence electrons. The van der Waals surface area contributed by atoms with E-state index < -0.39 is 0 Å². The first-order chi connectivity index (χ1) is 10.1. The molecule has 4 nitrogen and oxygen atoms in total. The zero-order chi connectivity index (χ0) is 14.8. The number of aromatic nitrogens is 2. The Hall–Kier alpha value is -1.66. The number of nitrogens with zero attached hydrogens (tertiary/aromatic N) is 2. The van der Waals surface area contributed by atoms with Crippen LogP contribution in [0.4, 0.5) is 10.2 Å². The van der Waals surface area contributed by atoms with Crippen LogP contribution in [-0.4, -0.2) is 20.9 Å². The molecule has 0 saturated heterocycles. The lowest BCUT2D eigenvalue weighted by Crippen LogP contribution is -2.30. The summed E-state index contributed by atoms with van der Waals surface area (Å²) in [5, 5.41) is 11.4. The minimum Gasteiger partial charge on any atom is -0.360 e. The van der Waals surface area contributed by atoms with Gasteiger partial charge >= 0.3 is 0 Å². The second-order valence-corrected chi connectivity index (χ2v) is 5.79. The van der Waals surface area contributed by atoms with Gasteiger partial charge in [0.05, 0.1) is 6.54 Å². The molecule has 7 heteroatoms. The maximum Gasteiger partial charge on any atom is 0.172 e. The first kappa shape index (κ1) is 14.3. The molecular formula is C14H14ClFN4S. The Morgan fingerprint density at radius 3 is 2.95 bits per heavy atom. The molecule has 1 aromatic carbocycles. The number of hydrogen-bond acceptors (Lipinski definition) is 2. The smallest absolute Gasteiger partial charge is 0.172 e. The summed E-state index contributed by atoms with van der Waals surface area (Å²) in [6.45, 7) is 0.274. The third-order valence-corrected chi connectivity index (χ3v) is 3.75. The van der Waals surface area contributed by atoms with E-state index in [1.165, 1.54) is 6.07 Å². The number of anilines is 1. The van der Waals surface area contributed by atoms with Crippen LogP contribution in [0, 0.1) is 5.82 Å². The van der Waals surface area contributed by atoms with Crippen LogP contribution in [0.5, 0.6) is 0 Å². The molecule has 0 atom stereocenters. The predicted octanol–water partition coefficient (Wildman–Crippen LogP) is 3.17. The fraction of sp³-hybridized carbons (Fsp3) is 0.286. The topological polar surface area (TPSA) is 41.9 Å². The van der Waals surface area contributed by atoms with E-state index in [9.17, 15) is 4.39 Å². The van der Waals surface area contributed by atoms with Crippen molar-refractivity contribution in [2.75, 3.05) is 5.32 Å². The Morgan fingerprint density at radius 2 is 2.24 bits per heavy atom. The maximum atomic E-state index is 13.7. The molecule has 21 heavy (non-hydrogen) atoms. The number of hydrogen-bond donors (Lipinski definition) is 2. The summed E-state index contributed by atoms with van der Waals surface area (Å²) in [5.41, 5.74) is 0.424. The van der Waals surface area contributed by atoms with E-state index >= 15 is 0 Å². The molecule has 0 amide bonds. The van der Waals surface area contributed by atoms with Gasteiger partial charge in [-0.1, -0.05) is 17.7 Å². The summed E-state index contributed by atoms with van der Waals surface area (Å²) in [6, 6.07) is 6.91. The highest BCUT2D eigenvalue weighted by Gasteiger charge is 2.21. The van der Waals surface area contributed by atoms with Crippen molar-refractivity contribution >= 4 is 34.7 Å². The SMILES string of the molecule is Fc1cccc(Cl)c1Cn1ccc(NC(=S)NC2CC2)n1. The normalized spacial score (nSPS) is 14.0. The van der Waals surface area contributed by atoms with Gasteiger partial charge in [-0.2, -0.15) is 5.10 Å². The average molecular weight is 325 g/mol. The standard InChI is InChI=1S/C14H14ClFN4S/c15-11-2-1-3-12(16)10(11)8-20-7-6-13(19-20)18-14(21)17-9-4-5-9/h1-3,6-7,9H,4-5,8H2,(H2,17,18,19,21). The van der Waals surface area contributed by atoms with Crippen molar-refractivity contribution in [3.05, 3.63) is 46.9 Å². The van der Waals surface area contributed by atoms with E-state index in [4.69, 9.17) is 23.8 Å². The molecule has 1 aliphatic rings. The highest BCUT2D eigenvalue weighted by Crippen LogP contribution is 2.20. The lowest BCUT2D eigenvalue weighted by Gasteiger charge is -2.07. The van der Waals surface area contributed by atoms with Crippen LogP contribution in [-0.2, 0) is 6.54 Å². The first-order valence-corrected chi connectivity index (χ1v) is 7.44. The van der Waals surface area contributed by atoms with Crippen molar-refractivity contribution in [1.29, 1.82) is 0 Å². The monoisotopic (exact) mass is 324 g/mol. The predicted molar refractivity (Wildman–Crippen MR) is 85.1 cm³/mol. The van der Waals surface area contributed by atoms with Gasteiger partial charge in [-0.3, -0.25) is 4.68 Å². The van der Waals surface area contributed by atoms with Crippen LogP contribution in [0.3, 0.4) is 0 Å². The third kappa shape index (κ3) is 3.71. The molecule has 3 rings (SSSR count). The van der Waals surface area contributed by atoms with Crippen molar-refractivity contribution in [2.45, 2.75) is 25.4 Å². The Morgan fingerprint density at radius 1 is 1.43 bits per heavy atom. The number of nitrogens with one attached hydrogen (secondary N) is 2. The number of rotatable bonds is 4. The molecule has 0 aliphatic heterocycles. The van der Waals surface area contributed by atoms with Crippen LogP contribution in [0.25, 0.3) is 0 Å². The van der Waals surface area contributed by atoms with E-state index in [0.717, 1.165) is 12.8 Å². The van der Waals surface area contributed by atoms with Crippen molar-refractivity contribution in [2.24, 2.45) is 0 Å². The van der Waals surface area contributed by atoms with E-state index in [0.29, 0.717) is 27.6 Å².